The zero-order valence-corrected chi connectivity index (χ0v) is 11.4. The van der Waals surface area contributed by atoms with E-state index in [0.29, 0.717) is 11.3 Å². The molecule has 1 unspecified atom stereocenters. The van der Waals surface area contributed by atoms with Crippen molar-refractivity contribution < 1.29 is 0 Å². The molecule has 0 aliphatic carbocycles. The molecule has 1 N–H and O–H groups in total. The second-order valence-electron chi connectivity index (χ2n) is 4.98. The molecule has 0 saturated carbocycles. The molecule has 84 valence electrons. The Morgan fingerprint density at radius 3 is 2.67 bits per heavy atom. The summed E-state index contributed by atoms with van der Waals surface area (Å²) in [4.78, 5) is 4.27. The summed E-state index contributed by atoms with van der Waals surface area (Å²) in [6, 6.07) is 3.92. The smallest absolute Gasteiger partial charge is 0.140 e. The van der Waals surface area contributed by atoms with Gasteiger partial charge in [0.1, 0.15) is 5.82 Å². The fourth-order valence-electron chi connectivity index (χ4n) is 1.07. The molecule has 0 amide bonds. The van der Waals surface area contributed by atoms with Gasteiger partial charge in [-0.2, -0.15) is 0 Å². The third-order valence-corrected chi connectivity index (χ3v) is 3.45. The summed E-state index contributed by atoms with van der Waals surface area (Å²) in [6.45, 7) is 9.97. The van der Waals surface area contributed by atoms with Crippen molar-refractivity contribution in [3.8, 4) is 0 Å². The highest BCUT2D eigenvalue weighted by molar-refractivity contribution is 9.10. The van der Waals surface area contributed by atoms with E-state index in [0.717, 1.165) is 16.8 Å². The first-order chi connectivity index (χ1) is 6.91. The molecule has 15 heavy (non-hydrogen) atoms. The Bertz CT molecular complexity index is 318. The maximum atomic E-state index is 4.27. The number of nitrogens with zero attached hydrogens (tertiary/aromatic N) is 1. The fourth-order valence-corrected chi connectivity index (χ4v) is 1.47. The van der Waals surface area contributed by atoms with E-state index in [-0.39, 0.29) is 0 Å². The minimum atomic E-state index is 0.328. The molecule has 1 atom stereocenters. The largest absolute Gasteiger partial charge is 0.369 e. The molecule has 0 aliphatic heterocycles. The van der Waals surface area contributed by atoms with Crippen molar-refractivity contribution >= 4 is 21.7 Å². The van der Waals surface area contributed by atoms with E-state index < -0.39 is 0 Å². The lowest BCUT2D eigenvalue weighted by Crippen LogP contribution is -2.25. The Morgan fingerprint density at radius 1 is 1.47 bits per heavy atom. The van der Waals surface area contributed by atoms with Crippen LogP contribution in [-0.2, 0) is 0 Å². The average Bonchev–Trinajstić information content (AvgIpc) is 2.14. The first-order valence-electron chi connectivity index (χ1n) is 5.25. The van der Waals surface area contributed by atoms with Crippen molar-refractivity contribution in [1.29, 1.82) is 0 Å². The Labute approximate surface area is 101 Å². The van der Waals surface area contributed by atoms with Crippen LogP contribution in [0.15, 0.2) is 22.8 Å². The molecule has 0 fully saturated rings. The van der Waals surface area contributed by atoms with Gasteiger partial charge >= 0.3 is 0 Å². The number of hydrogen-bond donors (Lipinski definition) is 1. The predicted molar refractivity (Wildman–Crippen MR) is 69.0 cm³/mol. The Balaban J connectivity index is 2.55. The monoisotopic (exact) mass is 270 g/mol. The van der Waals surface area contributed by atoms with Gasteiger partial charge in [0.05, 0.1) is 4.47 Å². The lowest BCUT2D eigenvalue weighted by molar-refractivity contribution is 0.274. The molecule has 0 radical (unpaired) electrons. The summed E-state index contributed by atoms with van der Waals surface area (Å²) in [7, 11) is 0. The first-order valence-corrected chi connectivity index (χ1v) is 6.05. The van der Waals surface area contributed by atoms with Crippen LogP contribution < -0.4 is 5.32 Å². The van der Waals surface area contributed by atoms with E-state index in [9.17, 15) is 0 Å². The van der Waals surface area contributed by atoms with Crippen molar-refractivity contribution in [3.63, 3.8) is 0 Å². The molecule has 1 aromatic heterocycles. The summed E-state index contributed by atoms with van der Waals surface area (Å²) in [6.07, 6.45) is 1.80. The van der Waals surface area contributed by atoms with Gasteiger partial charge in [0.2, 0.25) is 0 Å². The average molecular weight is 271 g/mol. The van der Waals surface area contributed by atoms with Crippen molar-refractivity contribution in [2.45, 2.75) is 27.7 Å². The Morgan fingerprint density at radius 2 is 2.13 bits per heavy atom. The van der Waals surface area contributed by atoms with Gasteiger partial charge < -0.3 is 5.32 Å². The number of rotatable bonds is 3. The highest BCUT2D eigenvalue weighted by Crippen LogP contribution is 2.26. The topological polar surface area (TPSA) is 24.9 Å². The lowest BCUT2D eigenvalue weighted by atomic mass is 9.82. The molecule has 0 aromatic carbocycles. The summed E-state index contributed by atoms with van der Waals surface area (Å²) in [5.41, 5.74) is 0.328. The molecular weight excluding hydrogens is 252 g/mol. The van der Waals surface area contributed by atoms with Crippen molar-refractivity contribution in [2.75, 3.05) is 11.9 Å². The SMILES string of the molecule is CC(CNc1ncccc1Br)C(C)(C)C. The normalized spacial score (nSPS) is 13.7. The number of nitrogens with one attached hydrogen (secondary N) is 1. The molecule has 0 bridgehead atoms. The number of anilines is 1. The van der Waals surface area contributed by atoms with Crippen LogP contribution in [-0.4, -0.2) is 11.5 Å². The number of pyridine rings is 1. The lowest BCUT2D eigenvalue weighted by Gasteiger charge is -2.27. The summed E-state index contributed by atoms with van der Waals surface area (Å²) in [5, 5.41) is 3.36. The van der Waals surface area contributed by atoms with Crippen molar-refractivity contribution in [3.05, 3.63) is 22.8 Å². The molecular formula is C12H19BrN2. The van der Waals surface area contributed by atoms with Crippen LogP contribution in [0.5, 0.6) is 0 Å². The molecule has 0 saturated heterocycles. The maximum absolute atomic E-state index is 4.27. The highest BCUT2D eigenvalue weighted by Gasteiger charge is 2.19. The molecule has 1 rings (SSSR count). The standard InChI is InChI=1S/C12H19BrN2/c1-9(12(2,3)4)8-15-11-10(13)6-5-7-14-11/h5-7,9H,8H2,1-4H3,(H,14,15). The minimum Gasteiger partial charge on any atom is -0.369 e. The van der Waals surface area contributed by atoms with Crippen molar-refractivity contribution in [1.82, 2.24) is 4.98 Å². The van der Waals surface area contributed by atoms with E-state index in [4.69, 9.17) is 0 Å². The van der Waals surface area contributed by atoms with Gasteiger partial charge in [-0.15, -0.1) is 0 Å². The molecule has 2 nitrogen and oxygen atoms in total. The predicted octanol–water partition coefficient (Wildman–Crippen LogP) is 3.94. The Hall–Kier alpha value is -0.570. The van der Waals surface area contributed by atoms with Gasteiger partial charge in [-0.3, -0.25) is 0 Å². The second-order valence-corrected chi connectivity index (χ2v) is 5.84. The second kappa shape index (κ2) is 4.97. The maximum Gasteiger partial charge on any atom is 0.140 e. The summed E-state index contributed by atoms with van der Waals surface area (Å²) in [5.74, 6) is 1.53. The summed E-state index contributed by atoms with van der Waals surface area (Å²) >= 11 is 3.47. The van der Waals surface area contributed by atoms with Gasteiger partial charge in [-0.25, -0.2) is 4.98 Å². The zero-order chi connectivity index (χ0) is 11.5. The molecule has 1 heterocycles. The third-order valence-electron chi connectivity index (χ3n) is 2.81. The van der Waals surface area contributed by atoms with Gasteiger partial charge in [0.25, 0.3) is 0 Å². The van der Waals surface area contributed by atoms with Crippen LogP contribution in [0.25, 0.3) is 0 Å². The van der Waals surface area contributed by atoms with Gasteiger partial charge in [0.15, 0.2) is 0 Å². The van der Waals surface area contributed by atoms with E-state index in [1.807, 2.05) is 12.1 Å². The Kier molecular flexibility index (Phi) is 4.14. The van der Waals surface area contributed by atoms with Crippen LogP contribution in [0.1, 0.15) is 27.7 Å². The third kappa shape index (κ3) is 3.82. The van der Waals surface area contributed by atoms with E-state index in [1.165, 1.54) is 0 Å². The fraction of sp³-hybridized carbons (Fsp3) is 0.583. The molecule has 0 aliphatic rings. The number of aromatic nitrogens is 1. The van der Waals surface area contributed by atoms with Crippen LogP contribution >= 0.6 is 15.9 Å². The zero-order valence-electron chi connectivity index (χ0n) is 9.84. The molecule has 1 aromatic rings. The van der Waals surface area contributed by atoms with Gasteiger partial charge in [0, 0.05) is 12.7 Å². The van der Waals surface area contributed by atoms with Crippen LogP contribution in [0, 0.1) is 11.3 Å². The summed E-state index contributed by atoms with van der Waals surface area (Å²) < 4.78 is 1.02. The first kappa shape index (κ1) is 12.5. The quantitative estimate of drug-likeness (QED) is 0.900. The van der Waals surface area contributed by atoms with E-state index in [2.05, 4.69) is 53.9 Å². The van der Waals surface area contributed by atoms with Gasteiger partial charge in [-0.1, -0.05) is 27.7 Å². The molecule has 3 heteroatoms. The van der Waals surface area contributed by atoms with E-state index in [1.54, 1.807) is 6.20 Å². The van der Waals surface area contributed by atoms with E-state index >= 15 is 0 Å². The number of hydrogen-bond acceptors (Lipinski definition) is 2. The highest BCUT2D eigenvalue weighted by atomic mass is 79.9. The minimum absolute atomic E-state index is 0.328. The van der Waals surface area contributed by atoms with Crippen LogP contribution in [0.4, 0.5) is 5.82 Å². The molecule has 0 spiro atoms. The van der Waals surface area contributed by atoms with Gasteiger partial charge in [-0.05, 0) is 39.4 Å². The number of halogens is 1. The van der Waals surface area contributed by atoms with Crippen LogP contribution in [0.2, 0.25) is 0 Å². The van der Waals surface area contributed by atoms with Crippen LogP contribution in [0.3, 0.4) is 0 Å². The van der Waals surface area contributed by atoms with Crippen molar-refractivity contribution in [2.24, 2.45) is 11.3 Å².